The fourth-order valence-corrected chi connectivity index (χ4v) is 2.99. The number of aromatic nitrogens is 1. The molecule has 2 aliphatic rings. The summed E-state index contributed by atoms with van der Waals surface area (Å²) in [5.41, 5.74) is 3.13. The predicted octanol–water partition coefficient (Wildman–Crippen LogP) is 2.69. The normalized spacial score (nSPS) is 16.7. The number of rotatable bonds is 4. The second-order valence-corrected chi connectivity index (χ2v) is 5.96. The molecule has 114 valence electrons. The average molecular weight is 298 g/mol. The van der Waals surface area contributed by atoms with Crippen LogP contribution in [0, 0.1) is 0 Å². The van der Waals surface area contributed by atoms with Gasteiger partial charge in [0.05, 0.1) is 19.2 Å². The van der Waals surface area contributed by atoms with Crippen molar-refractivity contribution in [2.45, 2.75) is 31.6 Å². The molecule has 1 aliphatic heterocycles. The Morgan fingerprint density at radius 1 is 1.41 bits per heavy atom. The highest BCUT2D eigenvalue weighted by Crippen LogP contribution is 2.39. The highest BCUT2D eigenvalue weighted by molar-refractivity contribution is 5.96. The molecule has 0 bridgehead atoms. The standard InChI is InChI=1S/C17H18N2O3/c1-21-13-4-5-16-12(8-13)6-7-19(16)17(20)10-14-9-15(18-22-14)11-2-3-11/h4-5,8-9,11H,2-3,6-7,10H2,1H3. The Labute approximate surface area is 128 Å². The number of methoxy groups -OCH3 is 1. The maximum Gasteiger partial charge on any atom is 0.234 e. The Morgan fingerprint density at radius 2 is 2.27 bits per heavy atom. The molecule has 1 aliphatic carbocycles. The lowest BCUT2D eigenvalue weighted by Gasteiger charge is -2.16. The minimum atomic E-state index is 0.0578. The molecule has 1 amide bonds. The van der Waals surface area contributed by atoms with Gasteiger partial charge in [-0.25, -0.2) is 0 Å². The maximum atomic E-state index is 12.5. The summed E-state index contributed by atoms with van der Waals surface area (Å²) < 4.78 is 10.5. The number of anilines is 1. The van der Waals surface area contributed by atoms with Crippen LogP contribution in [0.4, 0.5) is 5.69 Å². The van der Waals surface area contributed by atoms with Crippen molar-refractivity contribution in [2.24, 2.45) is 0 Å². The number of amides is 1. The van der Waals surface area contributed by atoms with E-state index in [4.69, 9.17) is 9.26 Å². The third kappa shape index (κ3) is 2.36. The van der Waals surface area contributed by atoms with E-state index in [0.29, 0.717) is 18.2 Å². The van der Waals surface area contributed by atoms with E-state index in [0.717, 1.165) is 29.1 Å². The number of carbonyl (C=O) groups excluding carboxylic acids is 1. The van der Waals surface area contributed by atoms with Gasteiger partial charge in [0.15, 0.2) is 0 Å². The Balaban J connectivity index is 1.49. The van der Waals surface area contributed by atoms with Gasteiger partial charge in [-0.05, 0) is 43.0 Å². The molecule has 0 N–H and O–H groups in total. The highest BCUT2D eigenvalue weighted by atomic mass is 16.5. The second-order valence-electron chi connectivity index (χ2n) is 5.96. The van der Waals surface area contributed by atoms with E-state index in [1.807, 2.05) is 29.2 Å². The Hall–Kier alpha value is -2.30. The second kappa shape index (κ2) is 5.16. The number of ether oxygens (including phenoxy) is 1. The monoisotopic (exact) mass is 298 g/mol. The van der Waals surface area contributed by atoms with Crippen molar-refractivity contribution >= 4 is 11.6 Å². The molecule has 1 saturated carbocycles. The molecular weight excluding hydrogens is 280 g/mol. The largest absolute Gasteiger partial charge is 0.497 e. The van der Waals surface area contributed by atoms with Gasteiger partial charge in [-0.15, -0.1) is 0 Å². The van der Waals surface area contributed by atoms with Crippen LogP contribution >= 0.6 is 0 Å². The van der Waals surface area contributed by atoms with Crippen molar-refractivity contribution in [1.82, 2.24) is 5.16 Å². The number of benzene rings is 1. The van der Waals surface area contributed by atoms with Crippen LogP contribution in [-0.4, -0.2) is 24.7 Å². The zero-order valence-corrected chi connectivity index (χ0v) is 12.5. The highest BCUT2D eigenvalue weighted by Gasteiger charge is 2.29. The van der Waals surface area contributed by atoms with E-state index in [2.05, 4.69) is 5.16 Å². The van der Waals surface area contributed by atoms with Gasteiger partial charge in [-0.2, -0.15) is 0 Å². The van der Waals surface area contributed by atoms with Crippen molar-refractivity contribution in [3.8, 4) is 5.75 Å². The molecule has 0 unspecified atom stereocenters. The number of carbonyl (C=O) groups is 1. The van der Waals surface area contributed by atoms with Crippen LogP contribution in [0.15, 0.2) is 28.8 Å². The molecule has 0 saturated heterocycles. The van der Waals surface area contributed by atoms with Crippen LogP contribution in [0.5, 0.6) is 5.75 Å². The van der Waals surface area contributed by atoms with E-state index in [9.17, 15) is 4.79 Å². The summed E-state index contributed by atoms with van der Waals surface area (Å²) in [4.78, 5) is 14.4. The number of hydrogen-bond donors (Lipinski definition) is 0. The molecule has 0 atom stereocenters. The van der Waals surface area contributed by atoms with Gasteiger partial charge in [-0.1, -0.05) is 5.16 Å². The van der Waals surface area contributed by atoms with Crippen molar-refractivity contribution in [2.75, 3.05) is 18.6 Å². The van der Waals surface area contributed by atoms with Crippen molar-refractivity contribution in [3.05, 3.63) is 41.3 Å². The first-order valence-electron chi connectivity index (χ1n) is 7.67. The van der Waals surface area contributed by atoms with E-state index in [1.54, 1.807) is 7.11 Å². The molecule has 1 aromatic carbocycles. The van der Waals surface area contributed by atoms with Crippen molar-refractivity contribution in [3.63, 3.8) is 0 Å². The van der Waals surface area contributed by atoms with Gasteiger partial charge in [0.2, 0.25) is 5.91 Å². The number of hydrogen-bond acceptors (Lipinski definition) is 4. The van der Waals surface area contributed by atoms with Gasteiger partial charge in [0.1, 0.15) is 11.5 Å². The smallest absolute Gasteiger partial charge is 0.234 e. The number of nitrogens with zero attached hydrogens (tertiary/aromatic N) is 2. The fourth-order valence-electron chi connectivity index (χ4n) is 2.99. The zero-order chi connectivity index (χ0) is 15.1. The van der Waals surface area contributed by atoms with Crippen molar-refractivity contribution < 1.29 is 14.1 Å². The molecule has 0 spiro atoms. The molecular formula is C17H18N2O3. The average Bonchev–Trinajstić information content (AvgIpc) is 3.13. The van der Waals surface area contributed by atoms with Crippen LogP contribution in [0.25, 0.3) is 0 Å². The third-order valence-electron chi connectivity index (χ3n) is 4.38. The van der Waals surface area contributed by atoms with Gasteiger partial charge < -0.3 is 14.2 Å². The van der Waals surface area contributed by atoms with Gasteiger partial charge in [0, 0.05) is 24.2 Å². The minimum absolute atomic E-state index is 0.0578. The first-order chi connectivity index (χ1) is 10.7. The first-order valence-corrected chi connectivity index (χ1v) is 7.67. The summed E-state index contributed by atoms with van der Waals surface area (Å²) in [5.74, 6) is 2.10. The van der Waals surface area contributed by atoms with Crippen LogP contribution in [0.3, 0.4) is 0 Å². The lowest BCUT2D eigenvalue weighted by atomic mass is 10.1. The summed E-state index contributed by atoms with van der Waals surface area (Å²) in [7, 11) is 1.65. The van der Waals surface area contributed by atoms with E-state index in [-0.39, 0.29) is 12.3 Å². The Bertz CT molecular complexity index is 718. The van der Waals surface area contributed by atoms with Crippen molar-refractivity contribution in [1.29, 1.82) is 0 Å². The SMILES string of the molecule is COc1ccc2c(c1)CCN2C(=O)Cc1cc(C2CC2)no1. The fraction of sp³-hybridized carbons (Fsp3) is 0.412. The molecule has 1 aromatic heterocycles. The summed E-state index contributed by atoms with van der Waals surface area (Å²) in [6, 6.07) is 7.78. The zero-order valence-electron chi connectivity index (χ0n) is 12.5. The lowest BCUT2D eigenvalue weighted by Crippen LogP contribution is -2.30. The minimum Gasteiger partial charge on any atom is -0.497 e. The van der Waals surface area contributed by atoms with E-state index < -0.39 is 0 Å². The third-order valence-corrected chi connectivity index (χ3v) is 4.38. The summed E-state index contributed by atoms with van der Waals surface area (Å²) in [6.45, 7) is 0.713. The summed E-state index contributed by atoms with van der Waals surface area (Å²) >= 11 is 0. The van der Waals surface area contributed by atoms with Crippen LogP contribution in [-0.2, 0) is 17.6 Å². The maximum absolute atomic E-state index is 12.5. The predicted molar refractivity (Wildman–Crippen MR) is 81.2 cm³/mol. The number of fused-ring (bicyclic) bond motifs is 1. The molecule has 0 radical (unpaired) electrons. The molecule has 5 heteroatoms. The molecule has 2 heterocycles. The van der Waals surface area contributed by atoms with E-state index >= 15 is 0 Å². The Kier molecular flexibility index (Phi) is 3.13. The van der Waals surface area contributed by atoms with Crippen LogP contribution < -0.4 is 9.64 Å². The van der Waals surface area contributed by atoms with Gasteiger partial charge in [0.25, 0.3) is 0 Å². The topological polar surface area (TPSA) is 55.6 Å². The van der Waals surface area contributed by atoms with E-state index in [1.165, 1.54) is 12.8 Å². The van der Waals surface area contributed by atoms with Gasteiger partial charge >= 0.3 is 0 Å². The molecule has 5 nitrogen and oxygen atoms in total. The molecule has 1 fully saturated rings. The lowest BCUT2D eigenvalue weighted by molar-refractivity contribution is -0.118. The Morgan fingerprint density at radius 3 is 3.05 bits per heavy atom. The first kappa shape index (κ1) is 13.4. The van der Waals surface area contributed by atoms with Crippen LogP contribution in [0.1, 0.15) is 35.8 Å². The van der Waals surface area contributed by atoms with Crippen LogP contribution in [0.2, 0.25) is 0 Å². The van der Waals surface area contributed by atoms with Gasteiger partial charge in [-0.3, -0.25) is 4.79 Å². The molecule has 4 rings (SSSR count). The quantitative estimate of drug-likeness (QED) is 0.871. The molecule has 2 aromatic rings. The summed E-state index contributed by atoms with van der Waals surface area (Å²) in [6.07, 6.45) is 3.50. The summed E-state index contributed by atoms with van der Waals surface area (Å²) in [5, 5.41) is 4.06. The molecule has 22 heavy (non-hydrogen) atoms.